The van der Waals surface area contributed by atoms with Gasteiger partial charge in [0.2, 0.25) is 0 Å². The van der Waals surface area contributed by atoms with Gasteiger partial charge in [-0.15, -0.1) is 11.6 Å². The van der Waals surface area contributed by atoms with Crippen molar-refractivity contribution in [1.82, 2.24) is 4.98 Å². The molecule has 0 radical (unpaired) electrons. The summed E-state index contributed by atoms with van der Waals surface area (Å²) in [6, 6.07) is 4.28. The molecule has 2 rings (SSSR count). The van der Waals surface area contributed by atoms with Crippen LogP contribution in [0.5, 0.6) is 0 Å². The van der Waals surface area contributed by atoms with Crippen molar-refractivity contribution in [3.63, 3.8) is 0 Å². The molecule has 0 aliphatic carbocycles. The van der Waals surface area contributed by atoms with Gasteiger partial charge in [-0.05, 0) is 30.3 Å². The maximum Gasteiger partial charge on any atom is 0.416 e. The van der Waals surface area contributed by atoms with E-state index in [1.165, 1.54) is 12.4 Å². The number of halogens is 5. The quantitative estimate of drug-likeness (QED) is 0.651. The Bertz CT molecular complexity index is 674. The van der Waals surface area contributed by atoms with Gasteiger partial charge in [-0.25, -0.2) is 9.18 Å². The molecule has 1 aromatic carbocycles. The summed E-state index contributed by atoms with van der Waals surface area (Å²) in [4.78, 5) is 14.5. The lowest BCUT2D eigenvalue weighted by Crippen LogP contribution is -2.05. The lowest BCUT2D eigenvalue weighted by Gasteiger charge is -2.09. The minimum Gasteiger partial charge on any atom is -0.478 e. The molecular formula is C14H10ClF4NO2. The molecule has 0 saturated carbocycles. The number of carboxylic acid groups (broad SMARTS) is 1. The van der Waals surface area contributed by atoms with E-state index in [1.807, 2.05) is 0 Å². The van der Waals surface area contributed by atoms with Gasteiger partial charge < -0.3 is 5.11 Å². The first-order valence-corrected chi connectivity index (χ1v) is 6.49. The van der Waals surface area contributed by atoms with Gasteiger partial charge in [0.15, 0.2) is 0 Å². The molecule has 0 bridgehead atoms. The lowest BCUT2D eigenvalue weighted by molar-refractivity contribution is -0.137. The average Bonchev–Trinajstić information content (AvgIpc) is 2.48. The van der Waals surface area contributed by atoms with Crippen LogP contribution in [0.25, 0.3) is 11.3 Å². The van der Waals surface area contributed by atoms with E-state index in [-0.39, 0.29) is 16.8 Å². The SMILES string of the molecule is CCl.O=C(O)c1ccnc(-c2ccc(C(F)(F)F)cc2F)c1. The van der Waals surface area contributed by atoms with E-state index < -0.39 is 23.5 Å². The zero-order valence-corrected chi connectivity index (χ0v) is 11.9. The minimum atomic E-state index is -4.64. The molecule has 118 valence electrons. The number of rotatable bonds is 2. The Balaban J connectivity index is 0.00000116. The topological polar surface area (TPSA) is 50.2 Å². The van der Waals surface area contributed by atoms with E-state index >= 15 is 0 Å². The van der Waals surface area contributed by atoms with Crippen molar-refractivity contribution in [1.29, 1.82) is 0 Å². The molecule has 0 saturated heterocycles. The van der Waals surface area contributed by atoms with Crippen molar-refractivity contribution < 1.29 is 27.5 Å². The maximum atomic E-state index is 13.7. The van der Waals surface area contributed by atoms with Gasteiger partial charge in [0, 0.05) is 18.1 Å². The van der Waals surface area contributed by atoms with Crippen LogP contribution in [0.15, 0.2) is 36.5 Å². The fourth-order valence-electron chi connectivity index (χ4n) is 1.61. The van der Waals surface area contributed by atoms with Crippen molar-refractivity contribution in [2.24, 2.45) is 0 Å². The average molecular weight is 336 g/mol. The Morgan fingerprint density at radius 1 is 1.18 bits per heavy atom. The van der Waals surface area contributed by atoms with Crippen LogP contribution in [0, 0.1) is 5.82 Å². The molecule has 0 aliphatic rings. The Morgan fingerprint density at radius 2 is 1.82 bits per heavy atom. The van der Waals surface area contributed by atoms with Gasteiger partial charge in [-0.2, -0.15) is 13.2 Å². The molecule has 0 atom stereocenters. The second-order valence-corrected chi connectivity index (χ2v) is 3.93. The maximum absolute atomic E-state index is 13.7. The third-order valence-electron chi connectivity index (χ3n) is 2.58. The Labute approximate surface area is 128 Å². The summed E-state index contributed by atoms with van der Waals surface area (Å²) in [6.07, 6.45) is -2.02. The Kier molecular flexibility index (Phi) is 5.87. The van der Waals surface area contributed by atoms with Gasteiger partial charge in [-0.1, -0.05) is 0 Å². The summed E-state index contributed by atoms with van der Waals surface area (Å²) in [5.74, 6) is -2.35. The molecule has 1 aromatic heterocycles. The highest BCUT2D eigenvalue weighted by Gasteiger charge is 2.31. The van der Waals surface area contributed by atoms with Crippen LogP contribution in [0.1, 0.15) is 15.9 Å². The Morgan fingerprint density at radius 3 is 2.32 bits per heavy atom. The van der Waals surface area contributed by atoms with Gasteiger partial charge in [0.05, 0.1) is 16.8 Å². The van der Waals surface area contributed by atoms with Crippen molar-refractivity contribution >= 4 is 17.6 Å². The van der Waals surface area contributed by atoms with Crippen molar-refractivity contribution in [2.45, 2.75) is 6.18 Å². The molecule has 2 aromatic rings. The number of aromatic nitrogens is 1. The summed E-state index contributed by atoms with van der Waals surface area (Å²) in [7, 11) is 0. The standard InChI is InChI=1S/C13H7F4NO2.CH3Cl/c14-10-6-8(13(15,16)17)1-2-9(10)11-5-7(12(19)20)3-4-18-11;1-2/h1-6H,(H,19,20);1H3. The van der Waals surface area contributed by atoms with Gasteiger partial charge in [0.1, 0.15) is 5.82 Å². The number of nitrogens with zero attached hydrogens (tertiary/aromatic N) is 1. The van der Waals surface area contributed by atoms with E-state index in [0.717, 1.165) is 18.3 Å². The highest BCUT2D eigenvalue weighted by molar-refractivity contribution is 6.15. The number of pyridine rings is 1. The van der Waals surface area contributed by atoms with Gasteiger partial charge in [-0.3, -0.25) is 4.98 Å². The third-order valence-corrected chi connectivity index (χ3v) is 2.58. The van der Waals surface area contributed by atoms with Crippen LogP contribution in [-0.2, 0) is 6.18 Å². The van der Waals surface area contributed by atoms with E-state index in [1.54, 1.807) is 0 Å². The fourth-order valence-corrected chi connectivity index (χ4v) is 1.61. The van der Waals surface area contributed by atoms with Crippen LogP contribution in [-0.4, -0.2) is 22.4 Å². The van der Waals surface area contributed by atoms with Crippen LogP contribution in [0.3, 0.4) is 0 Å². The monoisotopic (exact) mass is 335 g/mol. The second-order valence-electron chi connectivity index (χ2n) is 3.93. The molecule has 0 amide bonds. The van der Waals surface area contributed by atoms with Gasteiger partial charge >= 0.3 is 12.1 Å². The highest BCUT2D eigenvalue weighted by Crippen LogP contribution is 2.32. The second kappa shape index (κ2) is 7.22. The summed E-state index contributed by atoms with van der Waals surface area (Å²) < 4.78 is 50.9. The van der Waals surface area contributed by atoms with Crippen molar-refractivity contribution in [2.75, 3.05) is 6.38 Å². The summed E-state index contributed by atoms with van der Waals surface area (Å²) in [6.45, 7) is 0. The molecule has 1 N–H and O–H groups in total. The first-order chi connectivity index (χ1) is 10.3. The zero-order valence-electron chi connectivity index (χ0n) is 11.2. The minimum absolute atomic E-state index is 0.0453. The smallest absolute Gasteiger partial charge is 0.416 e. The number of alkyl halides is 4. The van der Waals surface area contributed by atoms with E-state index in [9.17, 15) is 22.4 Å². The van der Waals surface area contributed by atoms with E-state index in [4.69, 9.17) is 5.11 Å². The zero-order chi connectivity index (χ0) is 16.9. The third kappa shape index (κ3) is 4.17. The fraction of sp³-hybridized carbons (Fsp3) is 0.143. The number of aromatic carboxylic acids is 1. The molecule has 0 aliphatic heterocycles. The first kappa shape index (κ1) is 17.9. The summed E-state index contributed by atoms with van der Waals surface area (Å²) >= 11 is 4.64. The largest absolute Gasteiger partial charge is 0.478 e. The summed E-state index contributed by atoms with van der Waals surface area (Å²) in [5.41, 5.74) is -1.49. The molecule has 1 heterocycles. The number of hydrogen-bond donors (Lipinski definition) is 1. The molecule has 22 heavy (non-hydrogen) atoms. The normalized spacial score (nSPS) is 10.6. The molecule has 3 nitrogen and oxygen atoms in total. The van der Waals surface area contributed by atoms with Crippen molar-refractivity contribution in [3.8, 4) is 11.3 Å². The molecular weight excluding hydrogens is 326 g/mol. The van der Waals surface area contributed by atoms with E-state index in [0.29, 0.717) is 12.1 Å². The van der Waals surface area contributed by atoms with E-state index in [2.05, 4.69) is 16.6 Å². The Hall–Kier alpha value is -2.15. The predicted octanol–water partition coefficient (Wildman–Crippen LogP) is 4.46. The van der Waals surface area contributed by atoms with Gasteiger partial charge in [0.25, 0.3) is 0 Å². The van der Waals surface area contributed by atoms with Crippen LogP contribution in [0.4, 0.5) is 17.6 Å². The van der Waals surface area contributed by atoms with Crippen LogP contribution < -0.4 is 0 Å². The number of hydrogen-bond acceptors (Lipinski definition) is 2. The van der Waals surface area contributed by atoms with Crippen molar-refractivity contribution in [3.05, 3.63) is 53.5 Å². The number of benzene rings is 1. The molecule has 0 spiro atoms. The predicted molar refractivity (Wildman–Crippen MR) is 73.4 cm³/mol. The number of carbonyl (C=O) groups is 1. The van der Waals surface area contributed by atoms with Crippen LogP contribution in [0.2, 0.25) is 0 Å². The number of carboxylic acids is 1. The molecule has 0 unspecified atom stereocenters. The lowest BCUT2D eigenvalue weighted by atomic mass is 10.1. The summed E-state index contributed by atoms with van der Waals surface area (Å²) in [5, 5.41) is 8.81. The molecule has 0 fully saturated rings. The first-order valence-electron chi connectivity index (χ1n) is 5.73. The van der Waals surface area contributed by atoms with Crippen LogP contribution >= 0.6 is 11.6 Å². The molecule has 8 heteroatoms. The highest BCUT2D eigenvalue weighted by atomic mass is 35.5.